The predicted octanol–water partition coefficient (Wildman–Crippen LogP) is 3.29. The van der Waals surface area contributed by atoms with Gasteiger partial charge in [0.1, 0.15) is 0 Å². The van der Waals surface area contributed by atoms with Crippen molar-refractivity contribution < 1.29 is 13.6 Å². The first kappa shape index (κ1) is 15.1. The van der Waals surface area contributed by atoms with Gasteiger partial charge in [0.15, 0.2) is 0 Å². The first-order valence-corrected chi connectivity index (χ1v) is 7.11. The van der Waals surface area contributed by atoms with Gasteiger partial charge in [0.2, 0.25) is 0 Å². The number of nitrogens with zero attached hydrogens (tertiary/aromatic N) is 1. The smallest absolute Gasteiger partial charge is 0.300 e. The van der Waals surface area contributed by atoms with E-state index >= 15 is 0 Å². The van der Waals surface area contributed by atoms with Crippen molar-refractivity contribution in [1.82, 2.24) is 4.67 Å². The summed E-state index contributed by atoms with van der Waals surface area (Å²) in [6.45, 7) is 5.77. The lowest BCUT2D eigenvalue weighted by molar-refractivity contribution is 0.205. The Morgan fingerprint density at radius 2 is 1.40 bits per heavy atom. The van der Waals surface area contributed by atoms with Crippen molar-refractivity contribution in [3.63, 3.8) is 0 Å². The van der Waals surface area contributed by atoms with Crippen LogP contribution in [0.4, 0.5) is 0 Å². The van der Waals surface area contributed by atoms with Crippen LogP contribution in [0.1, 0.15) is 39.5 Å². The van der Waals surface area contributed by atoms with Crippen molar-refractivity contribution >= 4 is 7.75 Å². The second-order valence-electron chi connectivity index (χ2n) is 3.49. The molecule has 0 aromatic heterocycles. The molecular formula is C10H24NO3P. The van der Waals surface area contributed by atoms with Crippen LogP contribution in [-0.2, 0) is 13.6 Å². The van der Waals surface area contributed by atoms with E-state index in [1.165, 1.54) is 14.2 Å². The van der Waals surface area contributed by atoms with E-state index in [9.17, 15) is 4.57 Å². The van der Waals surface area contributed by atoms with Crippen LogP contribution in [0.15, 0.2) is 0 Å². The molecule has 0 bridgehead atoms. The van der Waals surface area contributed by atoms with Crippen molar-refractivity contribution in [2.45, 2.75) is 39.5 Å². The minimum absolute atomic E-state index is 0.773. The lowest BCUT2D eigenvalue weighted by atomic mass is 10.3. The summed E-state index contributed by atoms with van der Waals surface area (Å²) in [5.74, 6) is 0. The van der Waals surface area contributed by atoms with Gasteiger partial charge in [0, 0.05) is 27.3 Å². The van der Waals surface area contributed by atoms with Crippen LogP contribution in [0.25, 0.3) is 0 Å². The molecule has 0 unspecified atom stereocenters. The van der Waals surface area contributed by atoms with Gasteiger partial charge in [-0.2, -0.15) is 0 Å². The summed E-state index contributed by atoms with van der Waals surface area (Å²) in [4.78, 5) is 0. The van der Waals surface area contributed by atoms with Crippen molar-refractivity contribution in [3.05, 3.63) is 0 Å². The van der Waals surface area contributed by atoms with E-state index in [-0.39, 0.29) is 0 Å². The normalized spacial score (nSPS) is 12.3. The van der Waals surface area contributed by atoms with Crippen LogP contribution in [0, 0.1) is 0 Å². The molecule has 0 radical (unpaired) electrons. The molecule has 0 aliphatic heterocycles. The van der Waals surface area contributed by atoms with E-state index in [0.29, 0.717) is 0 Å². The molecule has 0 amide bonds. The highest BCUT2D eigenvalue weighted by atomic mass is 31.2. The Kier molecular flexibility index (Phi) is 8.34. The lowest BCUT2D eigenvalue weighted by Gasteiger charge is -2.27. The van der Waals surface area contributed by atoms with Gasteiger partial charge in [-0.15, -0.1) is 0 Å². The zero-order valence-electron chi connectivity index (χ0n) is 10.4. The Bertz CT molecular complexity index is 183. The molecule has 0 fully saturated rings. The average molecular weight is 237 g/mol. The topological polar surface area (TPSA) is 38.8 Å². The fourth-order valence-electron chi connectivity index (χ4n) is 1.34. The van der Waals surface area contributed by atoms with Crippen LogP contribution in [0.3, 0.4) is 0 Å². The lowest BCUT2D eigenvalue weighted by Crippen LogP contribution is -2.24. The molecule has 5 heteroatoms. The third kappa shape index (κ3) is 5.12. The van der Waals surface area contributed by atoms with Gasteiger partial charge in [0.25, 0.3) is 0 Å². The molecule has 0 saturated carbocycles. The fraction of sp³-hybridized carbons (Fsp3) is 1.00. The van der Waals surface area contributed by atoms with E-state index < -0.39 is 7.75 Å². The molecule has 0 aromatic carbocycles. The van der Waals surface area contributed by atoms with E-state index in [2.05, 4.69) is 13.8 Å². The highest BCUT2D eigenvalue weighted by Crippen LogP contribution is 2.50. The van der Waals surface area contributed by atoms with Gasteiger partial charge >= 0.3 is 7.75 Å². The van der Waals surface area contributed by atoms with Crippen LogP contribution in [0.5, 0.6) is 0 Å². The molecule has 4 nitrogen and oxygen atoms in total. The van der Waals surface area contributed by atoms with E-state index in [4.69, 9.17) is 9.05 Å². The first-order valence-electron chi connectivity index (χ1n) is 5.61. The predicted molar refractivity (Wildman–Crippen MR) is 63.0 cm³/mol. The molecule has 15 heavy (non-hydrogen) atoms. The summed E-state index contributed by atoms with van der Waals surface area (Å²) in [6.07, 6.45) is 4.19. The Balaban J connectivity index is 4.36. The van der Waals surface area contributed by atoms with Gasteiger partial charge in [-0.05, 0) is 12.8 Å². The number of hydrogen-bond donors (Lipinski definition) is 0. The van der Waals surface area contributed by atoms with Gasteiger partial charge < -0.3 is 0 Å². The second-order valence-corrected chi connectivity index (χ2v) is 5.73. The molecule has 0 spiro atoms. The molecule has 92 valence electrons. The zero-order chi connectivity index (χ0) is 11.7. The van der Waals surface area contributed by atoms with Crippen LogP contribution < -0.4 is 0 Å². The van der Waals surface area contributed by atoms with Crippen molar-refractivity contribution in [2.24, 2.45) is 0 Å². The van der Waals surface area contributed by atoms with Crippen LogP contribution in [0.2, 0.25) is 0 Å². The Morgan fingerprint density at radius 3 is 1.67 bits per heavy atom. The Morgan fingerprint density at radius 1 is 1.00 bits per heavy atom. The van der Waals surface area contributed by atoms with Gasteiger partial charge in [0.05, 0.1) is 0 Å². The molecule has 0 saturated heterocycles. The molecule has 0 N–H and O–H groups in total. The third-order valence-electron chi connectivity index (χ3n) is 2.35. The summed E-state index contributed by atoms with van der Waals surface area (Å²) in [6, 6.07) is 0. The summed E-state index contributed by atoms with van der Waals surface area (Å²) >= 11 is 0. The van der Waals surface area contributed by atoms with Crippen molar-refractivity contribution in [1.29, 1.82) is 0 Å². The summed E-state index contributed by atoms with van der Waals surface area (Å²) in [7, 11) is -0.138. The van der Waals surface area contributed by atoms with E-state index in [0.717, 1.165) is 38.8 Å². The largest absolute Gasteiger partial charge is 0.407 e. The number of unbranched alkanes of at least 4 members (excludes halogenated alkanes) is 2. The molecule has 0 atom stereocenters. The average Bonchev–Trinajstić information content (AvgIpc) is 2.28. The quantitative estimate of drug-likeness (QED) is 0.577. The van der Waals surface area contributed by atoms with Gasteiger partial charge in [-0.25, -0.2) is 9.24 Å². The Hall–Kier alpha value is 0.110. The maximum Gasteiger partial charge on any atom is 0.407 e. The van der Waals surface area contributed by atoms with E-state index in [1.807, 2.05) is 4.67 Å². The summed E-state index contributed by atoms with van der Waals surface area (Å²) < 4.78 is 24.0. The minimum atomic E-state index is -3.02. The van der Waals surface area contributed by atoms with Gasteiger partial charge in [-0.3, -0.25) is 9.05 Å². The molecular weight excluding hydrogens is 213 g/mol. The van der Waals surface area contributed by atoms with Crippen molar-refractivity contribution in [2.75, 3.05) is 27.3 Å². The number of rotatable bonds is 9. The third-order valence-corrected chi connectivity index (χ3v) is 4.36. The first-order chi connectivity index (χ1) is 7.14. The maximum atomic E-state index is 12.1. The maximum absolute atomic E-state index is 12.1. The monoisotopic (exact) mass is 237 g/mol. The molecule has 0 aliphatic rings. The minimum Gasteiger partial charge on any atom is -0.300 e. The van der Waals surface area contributed by atoms with Crippen molar-refractivity contribution in [3.8, 4) is 0 Å². The summed E-state index contributed by atoms with van der Waals surface area (Å²) in [5, 5.41) is 0. The molecule has 0 aliphatic carbocycles. The SMILES string of the molecule is CCCCN(CCCC)P(=O)(OC)OC. The highest BCUT2D eigenvalue weighted by molar-refractivity contribution is 7.51. The van der Waals surface area contributed by atoms with E-state index in [1.54, 1.807) is 0 Å². The molecule has 0 rings (SSSR count). The fourth-order valence-corrected chi connectivity index (χ4v) is 2.73. The number of hydrogen-bond acceptors (Lipinski definition) is 3. The van der Waals surface area contributed by atoms with Crippen LogP contribution in [-0.4, -0.2) is 32.0 Å². The molecule has 0 heterocycles. The van der Waals surface area contributed by atoms with Gasteiger partial charge in [-0.1, -0.05) is 26.7 Å². The molecule has 0 aromatic rings. The standard InChI is InChI=1S/C10H24NO3P/c1-5-7-9-11(10-8-6-2)15(12,13-3)14-4/h5-10H2,1-4H3. The second kappa shape index (κ2) is 8.28. The Labute approximate surface area is 93.5 Å². The van der Waals surface area contributed by atoms with Crippen LogP contribution >= 0.6 is 7.75 Å². The highest BCUT2D eigenvalue weighted by Gasteiger charge is 2.29. The zero-order valence-corrected chi connectivity index (χ0v) is 11.3. The summed E-state index contributed by atoms with van der Waals surface area (Å²) in [5.41, 5.74) is 0.